The fraction of sp³-hybridized carbons (Fsp3) is 0.615. The van der Waals surface area contributed by atoms with Gasteiger partial charge in [-0.1, -0.05) is 6.58 Å². The summed E-state index contributed by atoms with van der Waals surface area (Å²) in [4.78, 5) is 22.2. The van der Waals surface area contributed by atoms with Crippen molar-refractivity contribution in [3.63, 3.8) is 0 Å². The van der Waals surface area contributed by atoms with Crippen molar-refractivity contribution in [1.82, 2.24) is 10.6 Å². The molecule has 1 heterocycles. The minimum atomic E-state index is -0.791. The van der Waals surface area contributed by atoms with Crippen LogP contribution in [0.1, 0.15) is 0 Å². The zero-order valence-corrected chi connectivity index (χ0v) is 13.4. The Morgan fingerprint density at radius 2 is 1.78 bits per heavy atom. The molecule has 0 aromatic rings. The predicted molar refractivity (Wildman–Crippen MR) is 82.8 cm³/mol. The monoisotopic (exact) mass is 348 g/mol. The highest BCUT2D eigenvalue weighted by atomic mass is 32.1. The Bertz CT molecular complexity index is 413. The molecule has 1 fully saturated rings. The van der Waals surface area contributed by atoms with Crippen LogP contribution >= 0.6 is 12.2 Å². The van der Waals surface area contributed by atoms with E-state index in [1.807, 2.05) is 0 Å². The normalized spacial score (nSPS) is 14.4. The molecule has 0 spiro atoms. The molecule has 1 saturated heterocycles. The summed E-state index contributed by atoms with van der Waals surface area (Å²) < 4.78 is 24.5. The summed E-state index contributed by atoms with van der Waals surface area (Å²) in [5.41, 5.74) is 0. The van der Waals surface area contributed by atoms with Gasteiger partial charge >= 0.3 is 12.1 Å². The van der Waals surface area contributed by atoms with E-state index in [0.717, 1.165) is 6.08 Å². The first-order valence-electron chi connectivity index (χ1n) is 6.91. The van der Waals surface area contributed by atoms with E-state index in [-0.39, 0.29) is 33.2 Å². The van der Waals surface area contributed by atoms with Gasteiger partial charge in [0.15, 0.2) is 11.2 Å². The first kappa shape index (κ1) is 19.1. The standard InChI is InChI=1S/C13H20N2O7S/c1-2-11(16)20-5-3-14-12(23)15-4-6-21-13(17)22-10-7-18-9-19-8-10/h2,10H,1,3-9H2,(H2,14,15,23). The number of ether oxygens (including phenoxy) is 5. The minimum absolute atomic E-state index is 0.0839. The van der Waals surface area contributed by atoms with Gasteiger partial charge in [-0.3, -0.25) is 0 Å². The van der Waals surface area contributed by atoms with E-state index in [0.29, 0.717) is 18.2 Å². The first-order valence-corrected chi connectivity index (χ1v) is 7.32. The Hall–Kier alpha value is -1.91. The molecule has 0 saturated carbocycles. The number of thiocarbonyl (C=S) groups is 1. The molecule has 130 valence electrons. The molecule has 1 aliphatic rings. The van der Waals surface area contributed by atoms with Gasteiger partial charge in [0.05, 0.1) is 26.3 Å². The lowest BCUT2D eigenvalue weighted by atomic mass is 10.4. The Labute approximate surface area is 139 Å². The molecule has 0 atom stereocenters. The summed E-state index contributed by atoms with van der Waals surface area (Å²) in [5.74, 6) is -0.494. The number of esters is 1. The zero-order chi connectivity index (χ0) is 16.9. The van der Waals surface area contributed by atoms with Crippen molar-refractivity contribution in [2.24, 2.45) is 0 Å². The number of hydrogen-bond donors (Lipinski definition) is 2. The van der Waals surface area contributed by atoms with E-state index in [9.17, 15) is 9.59 Å². The number of carbonyl (C=O) groups is 2. The van der Waals surface area contributed by atoms with Crippen LogP contribution in [0.15, 0.2) is 12.7 Å². The average molecular weight is 348 g/mol. The summed E-state index contributed by atoms with van der Waals surface area (Å²) in [6, 6.07) is 0. The van der Waals surface area contributed by atoms with Gasteiger partial charge in [-0.15, -0.1) is 0 Å². The summed E-state index contributed by atoms with van der Waals surface area (Å²) in [5, 5.41) is 5.99. The van der Waals surface area contributed by atoms with E-state index in [1.165, 1.54) is 0 Å². The van der Waals surface area contributed by atoms with Crippen LogP contribution in [-0.2, 0) is 28.5 Å². The highest BCUT2D eigenvalue weighted by Crippen LogP contribution is 2.02. The molecule has 0 aromatic heterocycles. The lowest BCUT2D eigenvalue weighted by Crippen LogP contribution is -2.39. The maximum absolute atomic E-state index is 11.4. The molecule has 0 amide bonds. The number of rotatable bonds is 8. The lowest BCUT2D eigenvalue weighted by molar-refractivity contribution is -0.157. The fourth-order valence-corrected chi connectivity index (χ4v) is 1.64. The summed E-state index contributed by atoms with van der Waals surface area (Å²) in [6.07, 6.45) is -0.162. The molecular weight excluding hydrogens is 328 g/mol. The van der Waals surface area contributed by atoms with Crippen LogP contribution in [-0.4, -0.2) is 69.7 Å². The summed E-state index contributed by atoms with van der Waals surface area (Å²) in [7, 11) is 0. The Morgan fingerprint density at radius 1 is 1.17 bits per heavy atom. The zero-order valence-electron chi connectivity index (χ0n) is 12.6. The second-order valence-corrected chi connectivity index (χ2v) is 4.66. The fourth-order valence-electron chi connectivity index (χ4n) is 1.44. The highest BCUT2D eigenvalue weighted by molar-refractivity contribution is 7.80. The average Bonchev–Trinajstić information content (AvgIpc) is 2.56. The number of hydrogen-bond acceptors (Lipinski definition) is 8. The predicted octanol–water partition coefficient (Wildman–Crippen LogP) is -0.294. The summed E-state index contributed by atoms with van der Waals surface area (Å²) >= 11 is 4.98. The van der Waals surface area contributed by atoms with Gasteiger partial charge in [0, 0.05) is 6.08 Å². The Morgan fingerprint density at radius 3 is 2.39 bits per heavy atom. The van der Waals surface area contributed by atoms with Crippen LogP contribution in [0, 0.1) is 0 Å². The lowest BCUT2D eigenvalue weighted by Gasteiger charge is -2.21. The van der Waals surface area contributed by atoms with E-state index in [2.05, 4.69) is 17.2 Å². The van der Waals surface area contributed by atoms with Gasteiger partial charge in [0.2, 0.25) is 0 Å². The quantitative estimate of drug-likeness (QED) is 0.263. The Kier molecular flexibility index (Phi) is 9.68. The highest BCUT2D eigenvalue weighted by Gasteiger charge is 2.19. The molecule has 0 aromatic carbocycles. The first-order chi connectivity index (χ1) is 11.1. The second-order valence-electron chi connectivity index (χ2n) is 4.25. The van der Waals surface area contributed by atoms with Crippen LogP contribution < -0.4 is 10.6 Å². The van der Waals surface area contributed by atoms with Gasteiger partial charge in [0.25, 0.3) is 0 Å². The van der Waals surface area contributed by atoms with Gasteiger partial charge in [-0.2, -0.15) is 0 Å². The third-order valence-electron chi connectivity index (χ3n) is 2.44. The molecule has 0 unspecified atom stereocenters. The van der Waals surface area contributed by atoms with Gasteiger partial charge in [-0.25, -0.2) is 9.59 Å². The van der Waals surface area contributed by atoms with Crippen molar-refractivity contribution >= 4 is 29.5 Å². The van der Waals surface area contributed by atoms with Gasteiger partial charge < -0.3 is 34.3 Å². The minimum Gasteiger partial charge on any atom is -0.461 e. The molecule has 1 aliphatic heterocycles. The molecule has 10 heteroatoms. The largest absolute Gasteiger partial charge is 0.508 e. The van der Waals surface area contributed by atoms with Gasteiger partial charge in [-0.05, 0) is 12.2 Å². The van der Waals surface area contributed by atoms with Crippen molar-refractivity contribution in [3.05, 3.63) is 12.7 Å². The topological polar surface area (TPSA) is 104 Å². The van der Waals surface area contributed by atoms with E-state index < -0.39 is 18.2 Å². The van der Waals surface area contributed by atoms with Crippen LogP contribution in [0.5, 0.6) is 0 Å². The maximum Gasteiger partial charge on any atom is 0.508 e. The van der Waals surface area contributed by atoms with Crippen molar-refractivity contribution in [3.8, 4) is 0 Å². The third-order valence-corrected chi connectivity index (χ3v) is 2.73. The number of carbonyl (C=O) groups excluding carboxylic acids is 2. The SMILES string of the molecule is C=CC(=O)OCCNC(=S)NCCOC(=O)OC1COCOC1. The molecular formula is C13H20N2O7S. The van der Waals surface area contributed by atoms with Crippen molar-refractivity contribution in [1.29, 1.82) is 0 Å². The maximum atomic E-state index is 11.4. The Balaban J connectivity index is 1.96. The molecule has 0 radical (unpaired) electrons. The van der Waals surface area contributed by atoms with Crippen molar-refractivity contribution < 1.29 is 33.3 Å². The number of nitrogens with one attached hydrogen (secondary N) is 2. The smallest absolute Gasteiger partial charge is 0.461 e. The molecule has 9 nitrogen and oxygen atoms in total. The molecule has 23 heavy (non-hydrogen) atoms. The van der Waals surface area contributed by atoms with E-state index in [1.54, 1.807) is 0 Å². The van der Waals surface area contributed by atoms with Crippen LogP contribution in [0.3, 0.4) is 0 Å². The van der Waals surface area contributed by atoms with Crippen LogP contribution in [0.2, 0.25) is 0 Å². The molecule has 1 rings (SSSR count). The second kappa shape index (κ2) is 11.6. The third kappa shape index (κ3) is 9.66. The molecule has 2 N–H and O–H groups in total. The van der Waals surface area contributed by atoms with Crippen LogP contribution in [0.25, 0.3) is 0 Å². The van der Waals surface area contributed by atoms with Crippen molar-refractivity contribution in [2.75, 3.05) is 46.3 Å². The van der Waals surface area contributed by atoms with Gasteiger partial charge in [0.1, 0.15) is 20.0 Å². The van der Waals surface area contributed by atoms with Crippen molar-refractivity contribution in [2.45, 2.75) is 6.10 Å². The summed E-state index contributed by atoms with van der Waals surface area (Å²) in [6.45, 7) is 4.98. The van der Waals surface area contributed by atoms with Crippen LogP contribution in [0.4, 0.5) is 4.79 Å². The van der Waals surface area contributed by atoms with E-state index >= 15 is 0 Å². The molecule has 0 aliphatic carbocycles. The van der Waals surface area contributed by atoms with E-state index in [4.69, 9.17) is 35.9 Å². The molecule has 0 bridgehead atoms.